The molecule has 0 aliphatic carbocycles. The molecule has 1 aromatic carbocycles. The lowest BCUT2D eigenvalue weighted by molar-refractivity contribution is -0.138. The van der Waals surface area contributed by atoms with Crippen molar-refractivity contribution in [1.82, 2.24) is 29.0 Å². The maximum atomic E-state index is 14.4. The number of benzene rings is 1. The van der Waals surface area contributed by atoms with Crippen LogP contribution < -0.4 is 11.2 Å². The van der Waals surface area contributed by atoms with E-state index in [2.05, 4.69) is 10.2 Å². The number of aryl methyl sites for hydroxylation is 2. The third-order valence-corrected chi connectivity index (χ3v) is 9.09. The zero-order valence-electron chi connectivity index (χ0n) is 24.4. The Morgan fingerprint density at radius 2 is 1.81 bits per heavy atom. The van der Waals surface area contributed by atoms with Crippen molar-refractivity contribution in [3.8, 4) is 5.00 Å². The first kappa shape index (κ1) is 29.8. The summed E-state index contributed by atoms with van der Waals surface area (Å²) >= 11 is 1.20. The van der Waals surface area contributed by atoms with E-state index < -0.39 is 28.7 Å². The molecule has 0 N–H and O–H groups in total. The van der Waals surface area contributed by atoms with Crippen LogP contribution in [0.3, 0.4) is 0 Å². The number of carbonyl (C=O) groups is 1. The highest BCUT2D eigenvalue weighted by Crippen LogP contribution is 2.33. The maximum absolute atomic E-state index is 14.4. The fourth-order valence-corrected chi connectivity index (χ4v) is 6.76. The molecule has 1 aliphatic heterocycles. The van der Waals surface area contributed by atoms with Gasteiger partial charge in [-0.25, -0.2) is 13.8 Å². The molecular formula is C29H35FN6O5S. The maximum Gasteiger partial charge on any atom is 0.333 e. The number of aromatic nitrogens is 5. The third-order valence-electron chi connectivity index (χ3n) is 7.81. The van der Waals surface area contributed by atoms with Crippen molar-refractivity contribution in [2.24, 2.45) is 0 Å². The van der Waals surface area contributed by atoms with Crippen molar-refractivity contribution < 1.29 is 18.7 Å². The molecule has 0 unspecified atom stereocenters. The van der Waals surface area contributed by atoms with Crippen LogP contribution in [0.5, 0.6) is 0 Å². The van der Waals surface area contributed by atoms with Crippen LogP contribution in [-0.2, 0) is 26.4 Å². The van der Waals surface area contributed by atoms with Gasteiger partial charge >= 0.3 is 5.69 Å². The Labute approximate surface area is 246 Å². The van der Waals surface area contributed by atoms with Crippen LogP contribution in [0.1, 0.15) is 49.5 Å². The number of rotatable bonds is 10. The summed E-state index contributed by atoms with van der Waals surface area (Å²) in [6.45, 7) is 8.43. The zero-order chi connectivity index (χ0) is 30.2. The van der Waals surface area contributed by atoms with Crippen molar-refractivity contribution in [1.29, 1.82) is 0 Å². The number of methoxy groups -OCH3 is 1. The molecule has 13 heteroatoms. The minimum atomic E-state index is -1.46. The van der Waals surface area contributed by atoms with Crippen molar-refractivity contribution in [2.45, 2.75) is 58.7 Å². The van der Waals surface area contributed by atoms with E-state index in [9.17, 15) is 18.8 Å². The fourth-order valence-electron chi connectivity index (χ4n) is 5.54. The van der Waals surface area contributed by atoms with Crippen LogP contribution in [0, 0.1) is 19.7 Å². The van der Waals surface area contributed by atoms with Gasteiger partial charge in [0.25, 0.3) is 5.56 Å². The van der Waals surface area contributed by atoms with Crippen LogP contribution in [0.15, 0.2) is 40.2 Å². The molecule has 224 valence electrons. The molecule has 42 heavy (non-hydrogen) atoms. The SMILES string of the molecule is COCCO[C@@H](Cn1c(=O)n(C(C)(C)C(=O)N2CCCC2)c(=O)c2c(C)c(-n3nccn3)sc21)c1cc(F)ccc1C. The van der Waals surface area contributed by atoms with E-state index >= 15 is 0 Å². The predicted molar refractivity (Wildman–Crippen MR) is 157 cm³/mol. The highest BCUT2D eigenvalue weighted by Gasteiger charge is 2.39. The number of fused-ring (bicyclic) bond motifs is 1. The Balaban J connectivity index is 1.75. The molecule has 0 spiro atoms. The van der Waals surface area contributed by atoms with Crippen molar-refractivity contribution in [3.05, 3.63) is 73.9 Å². The minimum Gasteiger partial charge on any atom is -0.382 e. The van der Waals surface area contributed by atoms with Crippen LogP contribution in [0.25, 0.3) is 15.2 Å². The second-order valence-electron chi connectivity index (χ2n) is 11.0. The molecule has 0 saturated carbocycles. The normalized spacial score (nSPS) is 14.7. The van der Waals surface area contributed by atoms with Crippen LogP contribution in [-0.4, -0.2) is 68.3 Å². The van der Waals surface area contributed by atoms with E-state index in [1.165, 1.54) is 45.2 Å². The van der Waals surface area contributed by atoms with E-state index in [1.54, 1.807) is 38.8 Å². The van der Waals surface area contributed by atoms with Gasteiger partial charge in [0.15, 0.2) is 0 Å². The first-order valence-electron chi connectivity index (χ1n) is 13.9. The Morgan fingerprint density at radius 3 is 2.48 bits per heavy atom. The number of amides is 1. The number of nitrogens with zero attached hydrogens (tertiary/aromatic N) is 6. The average Bonchev–Trinajstić information content (AvgIpc) is 3.73. The van der Waals surface area contributed by atoms with Gasteiger partial charge in [-0.2, -0.15) is 10.2 Å². The molecule has 0 bridgehead atoms. The number of halogens is 1. The number of carbonyl (C=O) groups excluding carboxylic acids is 1. The highest BCUT2D eigenvalue weighted by molar-refractivity contribution is 7.21. The molecule has 0 radical (unpaired) electrons. The van der Waals surface area contributed by atoms with Gasteiger partial charge in [0.05, 0.1) is 37.5 Å². The molecule has 4 aromatic rings. The lowest BCUT2D eigenvalue weighted by atomic mass is 10.0. The van der Waals surface area contributed by atoms with Gasteiger partial charge in [-0.15, -0.1) is 4.80 Å². The molecular weight excluding hydrogens is 563 g/mol. The molecule has 4 heterocycles. The molecule has 3 aromatic heterocycles. The average molecular weight is 599 g/mol. The quantitative estimate of drug-likeness (QED) is 0.257. The number of ether oxygens (including phenoxy) is 2. The molecule has 5 rings (SSSR count). The van der Waals surface area contributed by atoms with Crippen LogP contribution in [0.2, 0.25) is 0 Å². The van der Waals surface area contributed by atoms with Gasteiger partial charge in [0.2, 0.25) is 5.91 Å². The molecule has 11 nitrogen and oxygen atoms in total. The summed E-state index contributed by atoms with van der Waals surface area (Å²) in [6, 6.07) is 4.42. The van der Waals surface area contributed by atoms with Crippen LogP contribution in [0.4, 0.5) is 4.39 Å². The second kappa shape index (κ2) is 11.9. The molecule has 1 aliphatic rings. The Morgan fingerprint density at radius 1 is 1.12 bits per heavy atom. The topological polar surface area (TPSA) is 113 Å². The molecule has 1 atom stereocenters. The first-order chi connectivity index (χ1) is 20.1. The zero-order valence-corrected chi connectivity index (χ0v) is 25.2. The van der Waals surface area contributed by atoms with Gasteiger partial charge in [-0.05, 0) is 63.8 Å². The third kappa shape index (κ3) is 5.32. The smallest absolute Gasteiger partial charge is 0.333 e. The Hall–Kier alpha value is -3.68. The predicted octanol–water partition coefficient (Wildman–Crippen LogP) is 3.32. The largest absolute Gasteiger partial charge is 0.382 e. The summed E-state index contributed by atoms with van der Waals surface area (Å²) in [4.78, 5) is 45.8. The van der Waals surface area contributed by atoms with E-state index in [4.69, 9.17) is 9.47 Å². The minimum absolute atomic E-state index is 0.0382. The lowest BCUT2D eigenvalue weighted by Gasteiger charge is -2.31. The van der Waals surface area contributed by atoms with Gasteiger partial charge in [0.1, 0.15) is 27.3 Å². The van der Waals surface area contributed by atoms with E-state index in [0.29, 0.717) is 46.0 Å². The molecule has 1 fully saturated rings. The monoisotopic (exact) mass is 598 g/mol. The molecule has 1 amide bonds. The van der Waals surface area contributed by atoms with Gasteiger partial charge < -0.3 is 14.4 Å². The summed E-state index contributed by atoms with van der Waals surface area (Å²) in [5, 5.41) is 9.33. The second-order valence-corrected chi connectivity index (χ2v) is 12.0. The summed E-state index contributed by atoms with van der Waals surface area (Å²) < 4.78 is 28.3. The van der Waals surface area contributed by atoms with E-state index in [0.717, 1.165) is 23.0 Å². The lowest BCUT2D eigenvalue weighted by Crippen LogP contribution is -2.56. The van der Waals surface area contributed by atoms with E-state index in [1.807, 2.05) is 6.92 Å². The summed E-state index contributed by atoms with van der Waals surface area (Å²) in [6.07, 6.45) is 4.04. The van der Waals surface area contributed by atoms with Crippen molar-refractivity contribution >= 4 is 27.5 Å². The standard InChI is InChI=1S/C29H35FN6O5S/c1-18-8-9-20(30)16-21(18)22(41-15-14-40-5)17-34-26-23(19(2)25(42-26)36-31-10-11-32-36)24(37)35(28(34)39)29(3,4)27(38)33-12-6-7-13-33/h8-11,16,22H,6-7,12-15,17H2,1-5H3/t22-/m0/s1. The number of thiophene rings is 1. The molecule has 1 saturated heterocycles. The van der Waals surface area contributed by atoms with Gasteiger partial charge in [-0.3, -0.25) is 14.2 Å². The van der Waals surface area contributed by atoms with Gasteiger partial charge in [0, 0.05) is 25.8 Å². The van der Waals surface area contributed by atoms with Crippen molar-refractivity contribution in [3.63, 3.8) is 0 Å². The summed E-state index contributed by atoms with van der Waals surface area (Å²) in [5.41, 5.74) is -0.741. The first-order valence-corrected chi connectivity index (χ1v) is 14.7. The summed E-state index contributed by atoms with van der Waals surface area (Å²) in [5.74, 6) is -0.726. The van der Waals surface area contributed by atoms with Gasteiger partial charge in [-0.1, -0.05) is 17.4 Å². The number of hydrogen-bond donors (Lipinski definition) is 0. The summed E-state index contributed by atoms with van der Waals surface area (Å²) in [7, 11) is 1.55. The van der Waals surface area contributed by atoms with Crippen molar-refractivity contribution in [2.75, 3.05) is 33.4 Å². The fraction of sp³-hybridized carbons (Fsp3) is 0.483. The highest BCUT2D eigenvalue weighted by atomic mass is 32.1. The Kier molecular flexibility index (Phi) is 8.44. The van der Waals surface area contributed by atoms with Crippen LogP contribution >= 0.6 is 11.3 Å². The Bertz CT molecular complexity index is 1720. The number of hydrogen-bond acceptors (Lipinski definition) is 8. The van der Waals surface area contributed by atoms with E-state index in [-0.39, 0.29) is 19.1 Å². The number of likely N-dealkylation sites (tertiary alicyclic amines) is 1.